The third-order valence-electron chi connectivity index (χ3n) is 8.95. The molecule has 1 fully saturated rings. The number of hydrogen-bond acceptors (Lipinski definition) is 2. The molecule has 0 spiro atoms. The topological polar surface area (TPSA) is 12.2 Å². The second-order valence-corrected chi connectivity index (χ2v) is 25.2. The first-order valence-electron chi connectivity index (χ1n) is 16.5. The molecule has 1 aliphatic rings. The SMILES string of the molecule is CCC[CH2][Sn]([CH2]CCC)([CH2]CCC)[c]1ccc(/C(=C(\CC)c2ccccc2)c2ccc(OCCN3CC3)cc2)cc1. The minimum atomic E-state index is -2.47. The number of hydrogen-bond donors (Lipinski definition) is 0. The summed E-state index contributed by atoms with van der Waals surface area (Å²) in [6.07, 6.45) is 9.14. The molecular weight excluding hydrogens is 605 g/mol. The molecule has 3 aromatic carbocycles. The van der Waals surface area contributed by atoms with E-state index in [1.807, 2.05) is 0 Å². The van der Waals surface area contributed by atoms with E-state index in [4.69, 9.17) is 4.74 Å². The molecule has 3 aromatic rings. The van der Waals surface area contributed by atoms with Gasteiger partial charge >= 0.3 is 238 Å². The molecule has 0 aliphatic carbocycles. The molecule has 0 aromatic heterocycles. The second-order valence-electron chi connectivity index (χ2n) is 12.0. The van der Waals surface area contributed by atoms with E-state index in [0.29, 0.717) is 0 Å². The first-order chi connectivity index (χ1) is 20.1. The van der Waals surface area contributed by atoms with E-state index in [1.54, 1.807) is 3.58 Å². The van der Waals surface area contributed by atoms with E-state index < -0.39 is 18.4 Å². The van der Waals surface area contributed by atoms with Crippen LogP contribution in [0.15, 0.2) is 78.9 Å². The number of ether oxygens (including phenoxy) is 1. The van der Waals surface area contributed by atoms with Crippen molar-refractivity contribution < 1.29 is 4.74 Å². The standard InChI is InChI=1S/C26H26NO.3C4H9.Sn/c1-2-25(21-9-5-3-6-10-21)26(22-11-7-4-8-12-22)23-13-15-24(16-14-23)28-20-19-27-17-18-27;3*1-3-4-2;/h3,5-16H,2,17-20H2,1H3;3*1,3-4H2,2H3;/b26-25-;;;;. The van der Waals surface area contributed by atoms with Gasteiger partial charge in [-0.05, 0) is 0 Å². The molecule has 220 valence electrons. The van der Waals surface area contributed by atoms with Crippen LogP contribution < -0.4 is 8.32 Å². The van der Waals surface area contributed by atoms with Crippen LogP contribution in [0.25, 0.3) is 11.1 Å². The normalized spacial score (nSPS) is 14.1. The average Bonchev–Trinajstić information content (AvgIpc) is 3.85. The Morgan fingerprint density at radius 1 is 0.659 bits per heavy atom. The molecule has 3 heteroatoms. The van der Waals surface area contributed by atoms with Gasteiger partial charge in [-0.2, -0.15) is 0 Å². The maximum absolute atomic E-state index is 6.07. The fourth-order valence-electron chi connectivity index (χ4n) is 6.33. The van der Waals surface area contributed by atoms with Crippen molar-refractivity contribution in [2.24, 2.45) is 0 Å². The molecule has 0 bridgehead atoms. The van der Waals surface area contributed by atoms with E-state index in [9.17, 15) is 0 Å². The molecule has 4 rings (SSSR count). The Kier molecular flexibility index (Phi) is 12.9. The Hall–Kier alpha value is -2.04. The van der Waals surface area contributed by atoms with E-state index in [1.165, 1.54) is 92.8 Å². The van der Waals surface area contributed by atoms with Crippen LogP contribution in [-0.2, 0) is 0 Å². The number of unbranched alkanes of at least 4 members (excludes halogenated alkanes) is 3. The van der Waals surface area contributed by atoms with Crippen molar-refractivity contribution in [3.8, 4) is 5.75 Å². The summed E-state index contributed by atoms with van der Waals surface area (Å²) in [5.41, 5.74) is 6.69. The molecule has 0 saturated carbocycles. The molecule has 0 radical (unpaired) electrons. The Bertz CT molecular complexity index is 1170. The maximum atomic E-state index is 6.07. The van der Waals surface area contributed by atoms with Crippen LogP contribution in [0.2, 0.25) is 13.3 Å². The number of allylic oxidation sites excluding steroid dienone is 1. The molecule has 0 unspecified atom stereocenters. The van der Waals surface area contributed by atoms with Crippen LogP contribution in [0.1, 0.15) is 89.3 Å². The van der Waals surface area contributed by atoms with Gasteiger partial charge in [-0.25, -0.2) is 0 Å². The molecular formula is C38H53NOSn. The molecule has 0 N–H and O–H groups in total. The quantitative estimate of drug-likeness (QED) is 0.0767. The molecule has 2 nitrogen and oxygen atoms in total. The molecule has 41 heavy (non-hydrogen) atoms. The summed E-state index contributed by atoms with van der Waals surface area (Å²) < 4.78 is 12.4. The summed E-state index contributed by atoms with van der Waals surface area (Å²) in [5.74, 6) is 0.963. The van der Waals surface area contributed by atoms with Gasteiger partial charge in [0.05, 0.1) is 0 Å². The van der Waals surface area contributed by atoms with Crippen LogP contribution in [0.5, 0.6) is 5.75 Å². The summed E-state index contributed by atoms with van der Waals surface area (Å²) in [4.78, 5) is 2.40. The molecule has 1 saturated heterocycles. The first kappa shape index (κ1) is 31.9. The average molecular weight is 659 g/mol. The fourth-order valence-corrected chi connectivity index (χ4v) is 22.3. The summed E-state index contributed by atoms with van der Waals surface area (Å²) in [7, 11) is 0. The van der Waals surface area contributed by atoms with Crippen molar-refractivity contribution in [3.63, 3.8) is 0 Å². The number of benzene rings is 3. The Labute approximate surface area is 255 Å². The van der Waals surface area contributed by atoms with Gasteiger partial charge < -0.3 is 0 Å². The van der Waals surface area contributed by atoms with Crippen molar-refractivity contribution in [1.82, 2.24) is 4.90 Å². The van der Waals surface area contributed by atoms with Gasteiger partial charge in [0.2, 0.25) is 0 Å². The van der Waals surface area contributed by atoms with E-state index in [0.717, 1.165) is 25.3 Å². The van der Waals surface area contributed by atoms with E-state index in [2.05, 4.69) is 111 Å². The fraction of sp³-hybridized carbons (Fsp3) is 0.474. The second kappa shape index (κ2) is 16.6. The van der Waals surface area contributed by atoms with Crippen LogP contribution in [0.3, 0.4) is 0 Å². The molecule has 1 aliphatic heterocycles. The van der Waals surface area contributed by atoms with Crippen molar-refractivity contribution in [3.05, 3.63) is 95.6 Å². The van der Waals surface area contributed by atoms with Gasteiger partial charge in [0.15, 0.2) is 0 Å². The van der Waals surface area contributed by atoms with Gasteiger partial charge in [0.1, 0.15) is 0 Å². The zero-order valence-electron chi connectivity index (χ0n) is 26.3. The third kappa shape index (κ3) is 8.97. The Morgan fingerprint density at radius 2 is 1.20 bits per heavy atom. The minimum absolute atomic E-state index is 0.759. The monoisotopic (exact) mass is 659 g/mol. The van der Waals surface area contributed by atoms with E-state index >= 15 is 0 Å². The van der Waals surface area contributed by atoms with Gasteiger partial charge in [0.25, 0.3) is 0 Å². The molecule has 0 atom stereocenters. The van der Waals surface area contributed by atoms with Crippen LogP contribution >= 0.6 is 0 Å². The Balaban J connectivity index is 1.71. The first-order valence-corrected chi connectivity index (χ1v) is 24.0. The zero-order valence-corrected chi connectivity index (χ0v) is 29.1. The Morgan fingerprint density at radius 3 is 1.68 bits per heavy atom. The van der Waals surface area contributed by atoms with E-state index in [-0.39, 0.29) is 0 Å². The summed E-state index contributed by atoms with van der Waals surface area (Å²) in [5, 5.41) is 0. The predicted octanol–water partition coefficient (Wildman–Crippen LogP) is 9.81. The molecule has 0 amide bonds. The van der Waals surface area contributed by atoms with Crippen LogP contribution in [0.4, 0.5) is 0 Å². The van der Waals surface area contributed by atoms with Crippen molar-refractivity contribution >= 4 is 33.1 Å². The van der Waals surface area contributed by atoms with Crippen molar-refractivity contribution in [2.45, 2.75) is 86.0 Å². The summed E-state index contributed by atoms with van der Waals surface area (Å²) in [6, 6.07) is 29.9. The third-order valence-corrected chi connectivity index (χ3v) is 24.6. The summed E-state index contributed by atoms with van der Waals surface area (Å²) in [6.45, 7) is 13.6. The number of rotatable bonds is 18. The van der Waals surface area contributed by atoms with Crippen LogP contribution in [-0.4, -0.2) is 49.5 Å². The zero-order chi connectivity index (χ0) is 28.9. The van der Waals surface area contributed by atoms with Crippen molar-refractivity contribution in [1.29, 1.82) is 0 Å². The van der Waals surface area contributed by atoms with Crippen LogP contribution in [0, 0.1) is 0 Å². The van der Waals surface area contributed by atoms with Gasteiger partial charge in [-0.15, -0.1) is 0 Å². The van der Waals surface area contributed by atoms with Gasteiger partial charge in [-0.1, -0.05) is 0 Å². The summed E-state index contributed by atoms with van der Waals surface area (Å²) >= 11 is -2.47. The van der Waals surface area contributed by atoms with Crippen molar-refractivity contribution in [2.75, 3.05) is 26.2 Å². The predicted molar refractivity (Wildman–Crippen MR) is 182 cm³/mol. The van der Waals surface area contributed by atoms with Gasteiger partial charge in [-0.3, -0.25) is 4.90 Å². The number of nitrogens with zero attached hydrogens (tertiary/aromatic N) is 1. The molecule has 1 heterocycles. The van der Waals surface area contributed by atoms with Gasteiger partial charge in [0, 0.05) is 13.1 Å².